The summed E-state index contributed by atoms with van der Waals surface area (Å²) in [5.41, 5.74) is 1.42. The van der Waals surface area contributed by atoms with Gasteiger partial charge in [-0.25, -0.2) is 0 Å². The molecule has 1 aliphatic carbocycles. The first-order valence-electron chi connectivity index (χ1n) is 6.03. The van der Waals surface area contributed by atoms with Crippen LogP contribution < -0.4 is 4.74 Å². The largest absolute Gasteiger partial charge is 0.494 e. The second-order valence-electron chi connectivity index (χ2n) is 4.59. The Labute approximate surface area is 92.5 Å². The molecule has 1 aromatic rings. The molecule has 1 fully saturated rings. The molecule has 0 aliphatic heterocycles. The smallest absolute Gasteiger partial charge is 0.122 e. The molecule has 15 heavy (non-hydrogen) atoms. The highest BCUT2D eigenvalue weighted by Crippen LogP contribution is 2.41. The standard InChI is InChI=1S/C14H20O/c1-3-15-14-7-5-4-6-13(14)12-9-8-11(2)10-12/h4-7,11-12H,3,8-10H2,1-2H3. The summed E-state index contributed by atoms with van der Waals surface area (Å²) in [5.74, 6) is 2.70. The fourth-order valence-corrected chi connectivity index (χ4v) is 2.59. The molecule has 0 bridgehead atoms. The van der Waals surface area contributed by atoms with E-state index < -0.39 is 0 Å². The van der Waals surface area contributed by atoms with Crippen LogP contribution >= 0.6 is 0 Å². The summed E-state index contributed by atoms with van der Waals surface area (Å²) in [6, 6.07) is 8.52. The van der Waals surface area contributed by atoms with Crippen molar-refractivity contribution in [3.63, 3.8) is 0 Å². The van der Waals surface area contributed by atoms with E-state index in [1.54, 1.807) is 0 Å². The van der Waals surface area contributed by atoms with Crippen molar-refractivity contribution in [3.8, 4) is 5.75 Å². The van der Waals surface area contributed by atoms with E-state index in [-0.39, 0.29) is 0 Å². The lowest BCUT2D eigenvalue weighted by Gasteiger charge is -2.15. The van der Waals surface area contributed by atoms with Crippen LogP contribution in [0.1, 0.15) is 44.6 Å². The third-order valence-electron chi connectivity index (χ3n) is 3.35. The third kappa shape index (κ3) is 2.34. The van der Waals surface area contributed by atoms with Crippen molar-refractivity contribution < 1.29 is 4.74 Å². The van der Waals surface area contributed by atoms with E-state index in [1.165, 1.54) is 24.8 Å². The van der Waals surface area contributed by atoms with Gasteiger partial charge in [-0.05, 0) is 43.2 Å². The molecule has 0 N–H and O–H groups in total. The van der Waals surface area contributed by atoms with Crippen LogP contribution in [-0.2, 0) is 0 Å². The van der Waals surface area contributed by atoms with E-state index in [9.17, 15) is 0 Å². The minimum absolute atomic E-state index is 0.725. The van der Waals surface area contributed by atoms with Crippen LogP contribution in [0, 0.1) is 5.92 Å². The van der Waals surface area contributed by atoms with E-state index in [0.29, 0.717) is 0 Å². The maximum atomic E-state index is 5.68. The summed E-state index contributed by atoms with van der Waals surface area (Å²) in [7, 11) is 0. The van der Waals surface area contributed by atoms with Crippen LogP contribution in [0.4, 0.5) is 0 Å². The third-order valence-corrected chi connectivity index (χ3v) is 3.35. The molecule has 2 rings (SSSR count). The normalized spacial score (nSPS) is 25.5. The highest BCUT2D eigenvalue weighted by molar-refractivity contribution is 5.36. The van der Waals surface area contributed by atoms with Crippen LogP contribution in [0.5, 0.6) is 5.75 Å². The summed E-state index contributed by atoms with van der Waals surface area (Å²) >= 11 is 0. The van der Waals surface area contributed by atoms with Crippen molar-refractivity contribution in [2.75, 3.05) is 6.61 Å². The van der Waals surface area contributed by atoms with E-state index >= 15 is 0 Å². The maximum absolute atomic E-state index is 5.68. The van der Waals surface area contributed by atoms with Gasteiger partial charge in [0, 0.05) is 0 Å². The summed E-state index contributed by atoms with van der Waals surface area (Å²) in [6.45, 7) is 5.16. The summed E-state index contributed by atoms with van der Waals surface area (Å²) in [4.78, 5) is 0. The predicted octanol–water partition coefficient (Wildman–Crippen LogP) is 3.99. The van der Waals surface area contributed by atoms with Gasteiger partial charge in [-0.3, -0.25) is 0 Å². The number of hydrogen-bond donors (Lipinski definition) is 0. The molecule has 82 valence electrons. The van der Waals surface area contributed by atoms with Crippen molar-refractivity contribution in [2.24, 2.45) is 5.92 Å². The van der Waals surface area contributed by atoms with Crippen LogP contribution in [0.3, 0.4) is 0 Å². The summed E-state index contributed by atoms with van der Waals surface area (Å²) < 4.78 is 5.68. The molecule has 2 unspecified atom stereocenters. The van der Waals surface area contributed by atoms with Crippen molar-refractivity contribution in [3.05, 3.63) is 29.8 Å². The van der Waals surface area contributed by atoms with Gasteiger partial charge in [0.05, 0.1) is 6.61 Å². The molecule has 1 aromatic carbocycles. The summed E-state index contributed by atoms with van der Waals surface area (Å²) in [6.07, 6.45) is 4.01. The molecule has 0 heterocycles. The van der Waals surface area contributed by atoms with E-state index in [4.69, 9.17) is 4.74 Å². The Morgan fingerprint density at radius 2 is 2.07 bits per heavy atom. The van der Waals surface area contributed by atoms with Gasteiger partial charge in [-0.2, -0.15) is 0 Å². The van der Waals surface area contributed by atoms with Crippen LogP contribution in [0.15, 0.2) is 24.3 Å². The number of ether oxygens (including phenoxy) is 1. The highest BCUT2D eigenvalue weighted by Gasteiger charge is 2.24. The van der Waals surface area contributed by atoms with Crippen molar-refractivity contribution >= 4 is 0 Å². The minimum atomic E-state index is 0.725. The number of benzene rings is 1. The molecule has 1 aliphatic rings. The molecule has 0 saturated heterocycles. The van der Waals surface area contributed by atoms with Crippen molar-refractivity contribution in [1.82, 2.24) is 0 Å². The monoisotopic (exact) mass is 204 g/mol. The second-order valence-corrected chi connectivity index (χ2v) is 4.59. The molecular formula is C14H20O. The number of rotatable bonds is 3. The Morgan fingerprint density at radius 1 is 1.27 bits per heavy atom. The molecule has 0 amide bonds. The Balaban J connectivity index is 2.19. The first-order chi connectivity index (χ1) is 7.31. The van der Waals surface area contributed by atoms with Gasteiger partial charge in [0.15, 0.2) is 0 Å². The zero-order chi connectivity index (χ0) is 10.7. The topological polar surface area (TPSA) is 9.23 Å². The Hall–Kier alpha value is -0.980. The van der Waals surface area contributed by atoms with Gasteiger partial charge in [0.1, 0.15) is 5.75 Å². The molecule has 2 atom stereocenters. The first-order valence-corrected chi connectivity index (χ1v) is 6.03. The Kier molecular flexibility index (Phi) is 3.30. The highest BCUT2D eigenvalue weighted by atomic mass is 16.5. The van der Waals surface area contributed by atoms with E-state index in [1.807, 2.05) is 6.92 Å². The predicted molar refractivity (Wildman–Crippen MR) is 63.4 cm³/mol. The van der Waals surface area contributed by atoms with Gasteiger partial charge in [0.25, 0.3) is 0 Å². The van der Waals surface area contributed by atoms with Crippen LogP contribution in [0.2, 0.25) is 0 Å². The van der Waals surface area contributed by atoms with Gasteiger partial charge in [-0.15, -0.1) is 0 Å². The van der Waals surface area contributed by atoms with Crippen molar-refractivity contribution in [2.45, 2.75) is 39.0 Å². The molecule has 0 radical (unpaired) electrons. The number of hydrogen-bond acceptors (Lipinski definition) is 1. The molecule has 1 saturated carbocycles. The fourth-order valence-electron chi connectivity index (χ4n) is 2.59. The average Bonchev–Trinajstić information content (AvgIpc) is 2.66. The van der Waals surface area contributed by atoms with E-state index in [2.05, 4.69) is 31.2 Å². The molecular weight excluding hydrogens is 184 g/mol. The number of para-hydroxylation sites is 1. The van der Waals surface area contributed by atoms with Gasteiger partial charge >= 0.3 is 0 Å². The van der Waals surface area contributed by atoms with Crippen molar-refractivity contribution in [1.29, 1.82) is 0 Å². The summed E-state index contributed by atoms with van der Waals surface area (Å²) in [5, 5.41) is 0. The molecule has 1 nitrogen and oxygen atoms in total. The molecule has 0 spiro atoms. The fraction of sp³-hybridized carbons (Fsp3) is 0.571. The quantitative estimate of drug-likeness (QED) is 0.723. The zero-order valence-electron chi connectivity index (χ0n) is 9.70. The lowest BCUT2D eigenvalue weighted by Crippen LogP contribution is -2.00. The molecule has 0 aromatic heterocycles. The van der Waals surface area contributed by atoms with E-state index in [0.717, 1.165) is 24.2 Å². The van der Waals surface area contributed by atoms with Crippen LogP contribution in [-0.4, -0.2) is 6.61 Å². The van der Waals surface area contributed by atoms with Crippen LogP contribution in [0.25, 0.3) is 0 Å². The average molecular weight is 204 g/mol. The lowest BCUT2D eigenvalue weighted by molar-refractivity contribution is 0.334. The minimum Gasteiger partial charge on any atom is -0.494 e. The maximum Gasteiger partial charge on any atom is 0.122 e. The Morgan fingerprint density at radius 3 is 2.73 bits per heavy atom. The zero-order valence-corrected chi connectivity index (χ0v) is 9.70. The first kappa shape index (κ1) is 10.5. The van der Waals surface area contributed by atoms with Gasteiger partial charge < -0.3 is 4.74 Å². The van der Waals surface area contributed by atoms with Gasteiger partial charge in [-0.1, -0.05) is 31.5 Å². The molecule has 1 heteroatoms. The lowest BCUT2D eigenvalue weighted by atomic mass is 9.96. The second kappa shape index (κ2) is 4.69. The van der Waals surface area contributed by atoms with Gasteiger partial charge in [0.2, 0.25) is 0 Å². The SMILES string of the molecule is CCOc1ccccc1C1CCC(C)C1. The Bertz CT molecular complexity index is 319.